The number of aliphatic carboxylic acids is 1. The smallest absolute Gasteiger partial charge is 0.317 e. The van der Waals surface area contributed by atoms with Crippen LogP contribution < -0.4 is 0 Å². The van der Waals surface area contributed by atoms with Crippen LogP contribution in [0, 0.1) is 0 Å². The van der Waals surface area contributed by atoms with Crippen molar-refractivity contribution in [2.75, 3.05) is 13.1 Å². The van der Waals surface area contributed by atoms with Gasteiger partial charge < -0.3 is 5.11 Å². The van der Waals surface area contributed by atoms with Crippen LogP contribution in [-0.4, -0.2) is 29.1 Å². The van der Waals surface area contributed by atoms with Crippen molar-refractivity contribution in [3.8, 4) is 0 Å². The van der Waals surface area contributed by atoms with Crippen molar-refractivity contribution in [3.05, 3.63) is 34.9 Å². The van der Waals surface area contributed by atoms with Gasteiger partial charge in [-0.2, -0.15) is 0 Å². The number of carboxylic acids is 1. The summed E-state index contributed by atoms with van der Waals surface area (Å²) in [7, 11) is 0. The van der Waals surface area contributed by atoms with Crippen molar-refractivity contribution in [1.29, 1.82) is 0 Å². The highest BCUT2D eigenvalue weighted by Crippen LogP contribution is 2.35. The number of hydrogen-bond donors (Lipinski definition) is 1. The summed E-state index contributed by atoms with van der Waals surface area (Å²) in [5.74, 6) is -0.779. The third-order valence-electron chi connectivity index (χ3n) is 2.97. The third kappa shape index (κ3) is 3.35. The van der Waals surface area contributed by atoms with Gasteiger partial charge in [-0.15, -0.1) is 12.4 Å². The van der Waals surface area contributed by atoms with E-state index in [2.05, 4.69) is 0 Å². The van der Waals surface area contributed by atoms with Gasteiger partial charge in [0.15, 0.2) is 0 Å². The van der Waals surface area contributed by atoms with Crippen LogP contribution in [0.4, 0.5) is 0 Å². The highest BCUT2D eigenvalue weighted by Gasteiger charge is 2.28. The summed E-state index contributed by atoms with van der Waals surface area (Å²) in [6.45, 7) is 0.929. The Morgan fingerprint density at radius 3 is 2.82 bits per heavy atom. The van der Waals surface area contributed by atoms with Gasteiger partial charge in [0, 0.05) is 11.1 Å². The molecule has 1 aliphatic heterocycles. The molecule has 1 atom stereocenters. The Hall–Kier alpha value is -0.770. The van der Waals surface area contributed by atoms with E-state index in [1.807, 2.05) is 29.2 Å². The van der Waals surface area contributed by atoms with Crippen LogP contribution in [0.1, 0.15) is 24.4 Å². The summed E-state index contributed by atoms with van der Waals surface area (Å²) in [4.78, 5) is 12.7. The minimum atomic E-state index is -0.779. The second-order valence-corrected chi connectivity index (χ2v) is 4.45. The van der Waals surface area contributed by atoms with Gasteiger partial charge in [0.1, 0.15) is 0 Å². The van der Waals surface area contributed by atoms with Crippen LogP contribution in [0.15, 0.2) is 24.3 Å². The van der Waals surface area contributed by atoms with Crippen LogP contribution in [0.2, 0.25) is 5.02 Å². The number of rotatable bonds is 3. The Morgan fingerprint density at radius 2 is 2.18 bits per heavy atom. The van der Waals surface area contributed by atoms with Gasteiger partial charge in [0.05, 0.1) is 6.54 Å². The Morgan fingerprint density at radius 1 is 1.47 bits per heavy atom. The van der Waals surface area contributed by atoms with E-state index in [1.54, 1.807) is 0 Å². The molecule has 1 aromatic carbocycles. The zero-order chi connectivity index (χ0) is 11.5. The number of benzene rings is 1. The predicted octanol–water partition coefficient (Wildman–Crippen LogP) is 2.98. The maximum atomic E-state index is 10.7. The maximum Gasteiger partial charge on any atom is 0.317 e. The molecular weight excluding hydrogens is 261 g/mol. The average Bonchev–Trinajstić information content (AvgIpc) is 2.66. The molecule has 2 rings (SSSR count). The minimum Gasteiger partial charge on any atom is -0.480 e. The van der Waals surface area contributed by atoms with Crippen LogP contribution in [-0.2, 0) is 4.79 Å². The molecule has 0 radical (unpaired) electrons. The maximum absolute atomic E-state index is 10.7. The molecule has 5 heteroatoms. The number of carbonyl (C=O) groups is 1. The Kier molecular flexibility index (Phi) is 5.25. The fourth-order valence-corrected chi connectivity index (χ4v) is 2.55. The lowest BCUT2D eigenvalue weighted by atomic mass is 10.0. The van der Waals surface area contributed by atoms with Crippen LogP contribution >= 0.6 is 24.0 Å². The molecule has 0 aromatic heterocycles. The number of carboxylic acid groups (broad SMARTS) is 1. The zero-order valence-corrected chi connectivity index (χ0v) is 10.9. The molecule has 0 aliphatic carbocycles. The van der Waals surface area contributed by atoms with Gasteiger partial charge in [-0.25, -0.2) is 0 Å². The Labute approximate surface area is 112 Å². The fourth-order valence-electron chi connectivity index (χ4n) is 2.29. The van der Waals surface area contributed by atoms with Gasteiger partial charge in [-0.05, 0) is 31.0 Å². The number of hydrogen-bond acceptors (Lipinski definition) is 2. The van der Waals surface area contributed by atoms with Gasteiger partial charge in [-0.3, -0.25) is 9.69 Å². The van der Waals surface area contributed by atoms with Crippen molar-refractivity contribution >= 4 is 30.0 Å². The molecule has 0 bridgehead atoms. The highest BCUT2D eigenvalue weighted by molar-refractivity contribution is 6.31. The Balaban J connectivity index is 0.00000144. The van der Waals surface area contributed by atoms with Gasteiger partial charge in [-0.1, -0.05) is 29.8 Å². The van der Waals surface area contributed by atoms with Crippen molar-refractivity contribution in [2.45, 2.75) is 18.9 Å². The summed E-state index contributed by atoms with van der Waals surface area (Å²) >= 11 is 6.13. The molecule has 0 amide bonds. The minimum absolute atomic E-state index is 0. The fraction of sp³-hybridized carbons (Fsp3) is 0.417. The molecule has 1 aliphatic rings. The van der Waals surface area contributed by atoms with E-state index in [1.165, 1.54) is 0 Å². The first-order valence-corrected chi connectivity index (χ1v) is 5.76. The molecule has 0 saturated carbocycles. The van der Waals surface area contributed by atoms with Gasteiger partial charge in [0.25, 0.3) is 0 Å². The van der Waals surface area contributed by atoms with E-state index in [0.717, 1.165) is 30.0 Å². The summed E-state index contributed by atoms with van der Waals surface area (Å²) in [6, 6.07) is 7.83. The molecule has 0 spiro atoms. The quantitative estimate of drug-likeness (QED) is 0.922. The average molecular weight is 276 g/mol. The Bertz CT molecular complexity index is 398. The highest BCUT2D eigenvalue weighted by atomic mass is 35.5. The molecule has 17 heavy (non-hydrogen) atoms. The largest absolute Gasteiger partial charge is 0.480 e. The lowest BCUT2D eigenvalue weighted by molar-refractivity contribution is -0.138. The molecular formula is C12H15Cl2NO2. The topological polar surface area (TPSA) is 40.5 Å². The van der Waals surface area contributed by atoms with E-state index in [0.29, 0.717) is 0 Å². The van der Waals surface area contributed by atoms with Crippen molar-refractivity contribution in [3.63, 3.8) is 0 Å². The summed E-state index contributed by atoms with van der Waals surface area (Å²) in [6.07, 6.45) is 2.01. The van der Waals surface area contributed by atoms with E-state index in [4.69, 9.17) is 16.7 Å². The molecule has 3 nitrogen and oxygen atoms in total. The van der Waals surface area contributed by atoms with Crippen molar-refractivity contribution < 1.29 is 9.90 Å². The molecule has 1 N–H and O–H groups in total. The first-order valence-electron chi connectivity index (χ1n) is 5.39. The first kappa shape index (κ1) is 14.3. The standard InChI is InChI=1S/C12H14ClNO2.ClH/c13-10-5-2-1-4-9(10)11-6-3-7-14(11)8-12(15)16;/h1-2,4-5,11H,3,6-8H2,(H,15,16);1H. The first-order chi connectivity index (χ1) is 7.68. The molecule has 1 saturated heterocycles. The van der Waals surface area contributed by atoms with Crippen LogP contribution in [0.25, 0.3) is 0 Å². The number of likely N-dealkylation sites (tertiary alicyclic amines) is 1. The van der Waals surface area contributed by atoms with E-state index in [-0.39, 0.29) is 25.0 Å². The molecule has 94 valence electrons. The third-order valence-corrected chi connectivity index (χ3v) is 3.31. The summed E-state index contributed by atoms with van der Waals surface area (Å²) in [5, 5.41) is 9.56. The van der Waals surface area contributed by atoms with Gasteiger partial charge >= 0.3 is 5.97 Å². The lowest BCUT2D eigenvalue weighted by Crippen LogP contribution is -2.29. The van der Waals surface area contributed by atoms with Crippen LogP contribution in [0.3, 0.4) is 0 Å². The molecule has 1 aromatic rings. The van der Waals surface area contributed by atoms with E-state index < -0.39 is 5.97 Å². The normalized spacial score (nSPS) is 19.9. The lowest BCUT2D eigenvalue weighted by Gasteiger charge is -2.23. The van der Waals surface area contributed by atoms with E-state index in [9.17, 15) is 4.79 Å². The van der Waals surface area contributed by atoms with Crippen molar-refractivity contribution in [1.82, 2.24) is 4.90 Å². The van der Waals surface area contributed by atoms with Crippen LogP contribution in [0.5, 0.6) is 0 Å². The zero-order valence-electron chi connectivity index (χ0n) is 9.30. The SMILES string of the molecule is Cl.O=C(O)CN1CCCC1c1ccccc1Cl. The van der Waals surface area contributed by atoms with E-state index >= 15 is 0 Å². The van der Waals surface area contributed by atoms with Gasteiger partial charge in [0.2, 0.25) is 0 Å². The summed E-state index contributed by atoms with van der Waals surface area (Å²) < 4.78 is 0. The number of nitrogens with zero attached hydrogens (tertiary/aromatic N) is 1. The second kappa shape index (κ2) is 6.24. The van der Waals surface area contributed by atoms with Crippen molar-refractivity contribution in [2.24, 2.45) is 0 Å². The second-order valence-electron chi connectivity index (χ2n) is 4.04. The molecule has 1 fully saturated rings. The number of halogens is 2. The monoisotopic (exact) mass is 275 g/mol. The molecule has 1 unspecified atom stereocenters. The summed E-state index contributed by atoms with van der Waals surface area (Å²) in [5.41, 5.74) is 1.04. The predicted molar refractivity (Wildman–Crippen MR) is 69.9 cm³/mol. The molecule has 1 heterocycles.